The lowest BCUT2D eigenvalue weighted by molar-refractivity contribution is -0.679. The maximum atomic E-state index is 8.93. The third kappa shape index (κ3) is 5.67. The Hall–Kier alpha value is -1.57. The van der Waals surface area contributed by atoms with Crippen molar-refractivity contribution < 1.29 is 15.8 Å². The number of rotatable bonds is 1. The van der Waals surface area contributed by atoms with Crippen LogP contribution in [0.25, 0.3) is 0 Å². The molecular weight excluding hydrogens is 168 g/mol. The molecule has 0 unspecified atom stereocenters. The number of benzene rings is 1. The molecule has 0 atom stereocenters. The standard InChI is InChI=1S/C8H7NO.CH6NO/c9-5-4-7-2-1-3-8(10)6-7;1-3-2/h1-3,6,10H,4H2;1-2H3/q;+1. The quantitative estimate of drug-likeness (QED) is 0.609. The van der Waals surface area contributed by atoms with E-state index >= 15 is 0 Å². The number of hydrogen-bond donors (Lipinski definition) is 2. The highest BCUT2D eigenvalue weighted by Gasteiger charge is 1.90. The summed E-state index contributed by atoms with van der Waals surface area (Å²) in [6.45, 7) is 0. The summed E-state index contributed by atoms with van der Waals surface area (Å²) in [4.78, 5) is 4.00. The van der Waals surface area contributed by atoms with Gasteiger partial charge in [-0.2, -0.15) is 5.26 Å². The molecule has 0 heterocycles. The molecule has 0 aliphatic carbocycles. The third-order valence-electron chi connectivity index (χ3n) is 1.19. The molecule has 4 N–H and O–H groups in total. The van der Waals surface area contributed by atoms with Gasteiger partial charge in [-0.15, -0.1) is 0 Å². The summed E-state index contributed by atoms with van der Waals surface area (Å²) in [5, 5.41) is 17.2. The molecule has 70 valence electrons. The molecule has 0 saturated carbocycles. The molecule has 13 heavy (non-hydrogen) atoms. The van der Waals surface area contributed by atoms with E-state index in [1.165, 1.54) is 7.11 Å². The van der Waals surface area contributed by atoms with Crippen LogP contribution in [0.5, 0.6) is 5.75 Å². The summed E-state index contributed by atoms with van der Waals surface area (Å²) in [5.74, 6) is 3.20. The lowest BCUT2D eigenvalue weighted by atomic mass is 10.2. The second kappa shape index (κ2) is 7.10. The van der Waals surface area contributed by atoms with Gasteiger partial charge in [-0.25, -0.2) is 10.7 Å². The van der Waals surface area contributed by atoms with Gasteiger partial charge in [-0.05, 0) is 17.7 Å². The first-order chi connectivity index (χ1) is 6.24. The number of aromatic hydroxyl groups is 1. The van der Waals surface area contributed by atoms with Crippen LogP contribution in [0.3, 0.4) is 0 Å². The first kappa shape index (κ1) is 11.4. The summed E-state index contributed by atoms with van der Waals surface area (Å²) in [6, 6.07) is 8.70. The Morgan fingerprint density at radius 3 is 2.69 bits per heavy atom. The number of quaternary nitrogens is 1. The summed E-state index contributed by atoms with van der Waals surface area (Å²) in [6.07, 6.45) is 0.356. The highest BCUT2D eigenvalue weighted by atomic mass is 16.6. The molecule has 0 fully saturated rings. The topological polar surface area (TPSA) is 80.9 Å². The van der Waals surface area contributed by atoms with Gasteiger partial charge in [0.05, 0.1) is 19.6 Å². The van der Waals surface area contributed by atoms with Crippen molar-refractivity contribution in [3.63, 3.8) is 0 Å². The number of phenols is 1. The lowest BCUT2D eigenvalue weighted by Crippen LogP contribution is -2.46. The van der Waals surface area contributed by atoms with Gasteiger partial charge in [0.2, 0.25) is 0 Å². The van der Waals surface area contributed by atoms with E-state index < -0.39 is 0 Å². The van der Waals surface area contributed by atoms with E-state index in [9.17, 15) is 0 Å². The molecule has 0 saturated heterocycles. The zero-order valence-corrected chi connectivity index (χ0v) is 7.53. The zero-order valence-electron chi connectivity index (χ0n) is 7.53. The number of nitrogens with zero attached hydrogens (tertiary/aromatic N) is 1. The smallest absolute Gasteiger partial charge is 0.115 e. The van der Waals surface area contributed by atoms with Crippen molar-refractivity contribution in [1.82, 2.24) is 0 Å². The first-order valence-corrected chi connectivity index (χ1v) is 3.67. The molecule has 0 aliphatic heterocycles. The number of phenolic OH excluding ortho intramolecular Hbond substituents is 1. The monoisotopic (exact) mass is 181 g/mol. The molecule has 1 aromatic rings. The van der Waals surface area contributed by atoms with Crippen molar-refractivity contribution in [3.05, 3.63) is 29.8 Å². The second-order valence-electron chi connectivity index (χ2n) is 2.29. The predicted octanol–water partition coefficient (Wildman–Crippen LogP) is 0.248. The van der Waals surface area contributed by atoms with Gasteiger partial charge in [0.25, 0.3) is 0 Å². The summed E-state index contributed by atoms with van der Waals surface area (Å²) >= 11 is 0. The van der Waals surface area contributed by atoms with Crippen LogP contribution in [-0.4, -0.2) is 12.2 Å². The molecule has 1 aromatic carbocycles. The van der Waals surface area contributed by atoms with Crippen LogP contribution in [0.2, 0.25) is 0 Å². The molecule has 1 rings (SSSR count). The average Bonchev–Trinajstić information content (AvgIpc) is 2.06. The van der Waals surface area contributed by atoms with Crippen LogP contribution < -0.4 is 5.90 Å². The molecule has 4 nitrogen and oxygen atoms in total. The van der Waals surface area contributed by atoms with Crippen molar-refractivity contribution >= 4 is 0 Å². The van der Waals surface area contributed by atoms with E-state index in [1.807, 2.05) is 12.1 Å². The number of hydrogen-bond acceptors (Lipinski definition) is 3. The van der Waals surface area contributed by atoms with Gasteiger partial charge >= 0.3 is 0 Å². The molecule has 0 aromatic heterocycles. The molecule has 0 bridgehead atoms. The van der Waals surface area contributed by atoms with E-state index in [-0.39, 0.29) is 5.75 Å². The van der Waals surface area contributed by atoms with E-state index in [0.29, 0.717) is 6.42 Å². The Kier molecular flexibility index (Phi) is 6.24. The van der Waals surface area contributed by atoms with Gasteiger partial charge in [0.15, 0.2) is 0 Å². The molecular formula is C9H13N2O2+. The van der Waals surface area contributed by atoms with Gasteiger partial charge in [-0.3, -0.25) is 0 Å². The average molecular weight is 181 g/mol. The predicted molar refractivity (Wildman–Crippen MR) is 47.3 cm³/mol. The van der Waals surface area contributed by atoms with Crippen LogP contribution in [-0.2, 0) is 11.3 Å². The Morgan fingerprint density at radius 2 is 2.23 bits per heavy atom. The number of nitriles is 1. The Balaban J connectivity index is 0.000000424. The van der Waals surface area contributed by atoms with Crippen molar-refractivity contribution in [2.45, 2.75) is 6.42 Å². The van der Waals surface area contributed by atoms with Crippen LogP contribution >= 0.6 is 0 Å². The van der Waals surface area contributed by atoms with Crippen LogP contribution in [0.1, 0.15) is 5.56 Å². The third-order valence-corrected chi connectivity index (χ3v) is 1.19. The maximum Gasteiger partial charge on any atom is 0.115 e. The van der Waals surface area contributed by atoms with E-state index in [1.54, 1.807) is 18.2 Å². The Bertz CT molecular complexity index is 281. The fourth-order valence-corrected chi connectivity index (χ4v) is 0.758. The van der Waals surface area contributed by atoms with Gasteiger partial charge in [0.1, 0.15) is 5.75 Å². The van der Waals surface area contributed by atoms with Gasteiger partial charge in [0, 0.05) is 0 Å². The molecule has 0 radical (unpaired) electrons. The lowest BCUT2D eigenvalue weighted by Gasteiger charge is -1.93. The second-order valence-corrected chi connectivity index (χ2v) is 2.29. The fourth-order valence-electron chi connectivity index (χ4n) is 0.758. The molecule has 4 heteroatoms. The van der Waals surface area contributed by atoms with Gasteiger partial charge in [-0.1, -0.05) is 12.1 Å². The van der Waals surface area contributed by atoms with Crippen LogP contribution in [0, 0.1) is 11.3 Å². The highest BCUT2D eigenvalue weighted by Crippen LogP contribution is 2.10. The minimum atomic E-state index is 0.216. The Morgan fingerprint density at radius 1 is 1.62 bits per heavy atom. The van der Waals surface area contributed by atoms with Gasteiger partial charge < -0.3 is 5.11 Å². The zero-order chi connectivity index (χ0) is 10.1. The van der Waals surface area contributed by atoms with Crippen LogP contribution in [0.4, 0.5) is 0 Å². The van der Waals surface area contributed by atoms with Crippen molar-refractivity contribution in [1.29, 1.82) is 5.26 Å². The SMILES string of the molecule is CO[NH3+].N#CCc1cccc(O)c1. The first-order valence-electron chi connectivity index (χ1n) is 3.67. The molecule has 0 spiro atoms. The maximum absolute atomic E-state index is 8.93. The van der Waals surface area contributed by atoms with Crippen LogP contribution in [0.15, 0.2) is 24.3 Å². The van der Waals surface area contributed by atoms with Crippen molar-refractivity contribution in [3.8, 4) is 11.8 Å². The van der Waals surface area contributed by atoms with E-state index in [0.717, 1.165) is 5.56 Å². The van der Waals surface area contributed by atoms with Crippen molar-refractivity contribution in [2.75, 3.05) is 7.11 Å². The van der Waals surface area contributed by atoms with E-state index in [4.69, 9.17) is 10.4 Å². The summed E-state index contributed by atoms with van der Waals surface area (Å²) in [7, 11) is 1.51. The normalized spacial score (nSPS) is 8.08. The minimum Gasteiger partial charge on any atom is -0.508 e. The van der Waals surface area contributed by atoms with Crippen molar-refractivity contribution in [2.24, 2.45) is 0 Å². The molecule has 0 aliphatic rings. The van der Waals surface area contributed by atoms with E-state index in [2.05, 4.69) is 10.7 Å². The highest BCUT2D eigenvalue weighted by molar-refractivity contribution is 5.28. The largest absolute Gasteiger partial charge is 0.508 e. The summed E-state index contributed by atoms with van der Waals surface area (Å²) < 4.78 is 0. The summed E-state index contributed by atoms with van der Waals surface area (Å²) in [5.41, 5.74) is 0.850. The fraction of sp³-hybridized carbons (Fsp3) is 0.222. The minimum absolute atomic E-state index is 0.216. The molecule has 0 amide bonds. The Labute approximate surface area is 77.1 Å².